The summed E-state index contributed by atoms with van der Waals surface area (Å²) < 4.78 is 32.3. The number of nitrogens with one attached hydrogen (secondary N) is 1. The zero-order valence-corrected chi connectivity index (χ0v) is 13.2. The van der Waals surface area contributed by atoms with Crippen molar-refractivity contribution in [2.75, 3.05) is 4.72 Å². The number of hydrogen-bond acceptors (Lipinski definition) is 5. The van der Waals surface area contributed by atoms with Crippen LogP contribution in [-0.2, 0) is 16.4 Å². The lowest BCUT2D eigenvalue weighted by atomic mass is 10.1. The quantitative estimate of drug-likeness (QED) is 0.873. The third-order valence-corrected chi connectivity index (χ3v) is 4.59. The highest BCUT2D eigenvalue weighted by atomic mass is 32.2. The average Bonchev–Trinajstić information content (AvgIpc) is 2.78. The predicted molar refractivity (Wildman–Crippen MR) is 79.6 cm³/mol. The van der Waals surface area contributed by atoms with Gasteiger partial charge in [0.05, 0.1) is 10.5 Å². The molecule has 1 aromatic carbocycles. The Kier molecular flexibility index (Phi) is 4.23. The van der Waals surface area contributed by atoms with E-state index in [1.165, 1.54) is 18.2 Å². The number of hydrogen-bond donors (Lipinski definition) is 2. The molecule has 0 fully saturated rings. The van der Waals surface area contributed by atoms with Crippen molar-refractivity contribution in [1.29, 1.82) is 0 Å². The van der Waals surface area contributed by atoms with E-state index in [1.54, 1.807) is 13.8 Å². The van der Waals surface area contributed by atoms with Crippen LogP contribution in [0.4, 0.5) is 5.69 Å². The van der Waals surface area contributed by atoms with Crippen LogP contribution in [0, 0.1) is 13.8 Å². The minimum atomic E-state index is -3.85. The van der Waals surface area contributed by atoms with E-state index in [2.05, 4.69) is 9.88 Å². The lowest BCUT2D eigenvalue weighted by Crippen LogP contribution is -2.15. The Labute approximate surface area is 128 Å². The van der Waals surface area contributed by atoms with Crippen LogP contribution in [0.25, 0.3) is 0 Å². The Morgan fingerprint density at radius 1 is 1.36 bits per heavy atom. The standard InChI is InChI=1S/C14H16N2O5S/c1-4-12-13(9(3)21-15-12)16-22(19,20)10-5-6-11(14(17)18)8(2)7-10/h5-7,16H,4H2,1-3H3,(H,17,18). The maximum atomic E-state index is 12.4. The summed E-state index contributed by atoms with van der Waals surface area (Å²) >= 11 is 0. The molecule has 0 aliphatic rings. The van der Waals surface area contributed by atoms with Gasteiger partial charge in [-0.25, -0.2) is 13.2 Å². The van der Waals surface area contributed by atoms with Crippen LogP contribution in [-0.4, -0.2) is 24.7 Å². The molecule has 0 saturated carbocycles. The van der Waals surface area contributed by atoms with Gasteiger partial charge in [0, 0.05) is 0 Å². The highest BCUT2D eigenvalue weighted by molar-refractivity contribution is 7.92. The summed E-state index contributed by atoms with van der Waals surface area (Å²) in [4.78, 5) is 11.0. The van der Waals surface area contributed by atoms with Crippen molar-refractivity contribution in [3.8, 4) is 0 Å². The fourth-order valence-electron chi connectivity index (χ4n) is 2.03. The van der Waals surface area contributed by atoms with Crippen molar-refractivity contribution in [2.45, 2.75) is 32.1 Å². The number of nitrogens with zero attached hydrogens (tertiary/aromatic N) is 1. The van der Waals surface area contributed by atoms with Crippen molar-refractivity contribution in [2.24, 2.45) is 0 Å². The molecule has 0 atom stereocenters. The number of anilines is 1. The van der Waals surface area contributed by atoms with Gasteiger partial charge in [0.15, 0.2) is 5.76 Å². The average molecular weight is 324 g/mol. The number of carbonyl (C=O) groups is 1. The van der Waals surface area contributed by atoms with Gasteiger partial charge in [0.1, 0.15) is 11.4 Å². The monoisotopic (exact) mass is 324 g/mol. The lowest BCUT2D eigenvalue weighted by Gasteiger charge is -2.09. The van der Waals surface area contributed by atoms with Gasteiger partial charge >= 0.3 is 5.97 Å². The maximum Gasteiger partial charge on any atom is 0.335 e. The summed E-state index contributed by atoms with van der Waals surface area (Å²) in [6, 6.07) is 3.85. The molecule has 0 unspecified atom stereocenters. The summed E-state index contributed by atoms with van der Waals surface area (Å²) in [7, 11) is -3.85. The van der Waals surface area contributed by atoms with Crippen LogP contribution in [0.2, 0.25) is 0 Å². The Hall–Kier alpha value is -2.35. The van der Waals surface area contributed by atoms with Gasteiger partial charge in [0.2, 0.25) is 0 Å². The predicted octanol–water partition coefficient (Wildman–Crippen LogP) is 2.35. The molecule has 0 saturated heterocycles. The molecule has 0 bridgehead atoms. The smallest absolute Gasteiger partial charge is 0.335 e. The normalized spacial score (nSPS) is 11.4. The van der Waals surface area contributed by atoms with E-state index < -0.39 is 16.0 Å². The first kappa shape index (κ1) is 16.0. The minimum Gasteiger partial charge on any atom is -0.478 e. The summed E-state index contributed by atoms with van der Waals surface area (Å²) in [5.41, 5.74) is 1.27. The third kappa shape index (κ3) is 2.96. The highest BCUT2D eigenvalue weighted by Crippen LogP contribution is 2.25. The van der Waals surface area contributed by atoms with Gasteiger partial charge in [-0.1, -0.05) is 12.1 Å². The molecule has 2 aromatic rings. The van der Waals surface area contributed by atoms with Crippen molar-refractivity contribution in [1.82, 2.24) is 5.16 Å². The molecule has 1 heterocycles. The molecule has 22 heavy (non-hydrogen) atoms. The second-order valence-corrected chi connectivity index (χ2v) is 6.48. The second kappa shape index (κ2) is 5.80. The van der Waals surface area contributed by atoms with Crippen molar-refractivity contribution in [3.63, 3.8) is 0 Å². The Morgan fingerprint density at radius 2 is 2.05 bits per heavy atom. The number of sulfonamides is 1. The largest absolute Gasteiger partial charge is 0.478 e. The molecule has 0 aliphatic carbocycles. The van der Waals surface area contributed by atoms with Crippen LogP contribution < -0.4 is 4.72 Å². The first-order valence-electron chi connectivity index (χ1n) is 6.58. The number of aryl methyl sites for hydroxylation is 3. The summed E-state index contributed by atoms with van der Waals surface area (Å²) in [5, 5.41) is 12.8. The minimum absolute atomic E-state index is 0.0161. The fraction of sp³-hybridized carbons (Fsp3) is 0.286. The number of carboxylic acids is 1. The van der Waals surface area contributed by atoms with E-state index >= 15 is 0 Å². The molecular weight excluding hydrogens is 308 g/mol. The van der Waals surface area contributed by atoms with Gasteiger partial charge in [-0.3, -0.25) is 4.72 Å². The van der Waals surface area contributed by atoms with E-state index in [1.807, 2.05) is 6.92 Å². The Bertz CT molecular complexity index is 824. The van der Waals surface area contributed by atoms with E-state index in [-0.39, 0.29) is 10.5 Å². The summed E-state index contributed by atoms with van der Waals surface area (Å²) in [6.45, 7) is 4.99. The van der Waals surface area contributed by atoms with Gasteiger partial charge in [-0.05, 0) is 44.0 Å². The SMILES string of the molecule is CCc1noc(C)c1NS(=O)(=O)c1ccc(C(=O)O)c(C)c1. The molecule has 0 radical (unpaired) electrons. The molecule has 118 valence electrons. The number of aromatic nitrogens is 1. The molecular formula is C14H16N2O5S. The number of aromatic carboxylic acids is 1. The molecule has 8 heteroatoms. The topological polar surface area (TPSA) is 110 Å². The lowest BCUT2D eigenvalue weighted by molar-refractivity contribution is 0.0696. The zero-order chi connectivity index (χ0) is 16.5. The van der Waals surface area contributed by atoms with Crippen molar-refractivity contribution >= 4 is 21.7 Å². The summed E-state index contributed by atoms with van der Waals surface area (Å²) in [6.07, 6.45) is 0.520. The molecule has 0 aliphatic heterocycles. The van der Waals surface area contributed by atoms with Gasteiger partial charge in [0.25, 0.3) is 10.0 Å². The van der Waals surface area contributed by atoms with Gasteiger partial charge in [-0.15, -0.1) is 0 Å². The Balaban J connectivity index is 2.41. The van der Waals surface area contributed by atoms with Crippen molar-refractivity contribution < 1.29 is 22.8 Å². The number of benzene rings is 1. The molecule has 0 spiro atoms. The van der Waals surface area contributed by atoms with E-state index in [0.29, 0.717) is 29.1 Å². The van der Waals surface area contributed by atoms with E-state index in [9.17, 15) is 13.2 Å². The molecule has 0 amide bonds. The molecule has 7 nitrogen and oxygen atoms in total. The number of rotatable bonds is 5. The second-order valence-electron chi connectivity index (χ2n) is 4.80. The first-order chi connectivity index (χ1) is 10.3. The van der Waals surface area contributed by atoms with Gasteiger partial charge in [-0.2, -0.15) is 0 Å². The first-order valence-corrected chi connectivity index (χ1v) is 8.06. The van der Waals surface area contributed by atoms with E-state index in [0.717, 1.165) is 0 Å². The third-order valence-electron chi connectivity index (χ3n) is 3.24. The molecule has 2 N–H and O–H groups in total. The van der Waals surface area contributed by atoms with E-state index in [4.69, 9.17) is 9.63 Å². The Morgan fingerprint density at radius 3 is 2.59 bits per heavy atom. The summed E-state index contributed by atoms with van der Waals surface area (Å²) in [5.74, 6) is -0.725. The molecule has 2 rings (SSSR count). The van der Waals surface area contributed by atoms with Crippen LogP contribution in [0.5, 0.6) is 0 Å². The number of carboxylic acid groups (broad SMARTS) is 1. The molecule has 1 aromatic heterocycles. The van der Waals surface area contributed by atoms with Crippen LogP contribution in [0.1, 0.15) is 34.3 Å². The van der Waals surface area contributed by atoms with Crippen molar-refractivity contribution in [3.05, 3.63) is 40.8 Å². The van der Waals surface area contributed by atoms with Crippen LogP contribution >= 0.6 is 0 Å². The van der Waals surface area contributed by atoms with Crippen LogP contribution in [0.15, 0.2) is 27.6 Å². The van der Waals surface area contributed by atoms with Gasteiger partial charge < -0.3 is 9.63 Å². The fourth-order valence-corrected chi connectivity index (χ4v) is 3.25. The highest BCUT2D eigenvalue weighted by Gasteiger charge is 2.21. The zero-order valence-electron chi connectivity index (χ0n) is 12.4. The maximum absolute atomic E-state index is 12.4. The van der Waals surface area contributed by atoms with Crippen LogP contribution in [0.3, 0.4) is 0 Å².